The second-order valence-electron chi connectivity index (χ2n) is 9.89. The lowest BCUT2D eigenvalue weighted by Gasteiger charge is -2.36. The van der Waals surface area contributed by atoms with E-state index >= 15 is 0 Å². The van der Waals surface area contributed by atoms with Gasteiger partial charge in [-0.25, -0.2) is 4.39 Å². The maximum Gasteiger partial charge on any atom is 0.303 e. The van der Waals surface area contributed by atoms with Gasteiger partial charge in [-0.05, 0) is 83.8 Å². The van der Waals surface area contributed by atoms with Crippen molar-refractivity contribution in [2.75, 3.05) is 11.4 Å². The lowest BCUT2D eigenvalue weighted by atomic mass is 9.90. The first-order chi connectivity index (χ1) is 18.0. The summed E-state index contributed by atoms with van der Waals surface area (Å²) in [6.07, 6.45) is 3.06. The maximum atomic E-state index is 14.4. The highest BCUT2D eigenvalue weighted by Gasteiger charge is 2.27. The minimum absolute atomic E-state index is 0.00198. The van der Waals surface area contributed by atoms with Crippen LogP contribution in [-0.4, -0.2) is 23.7 Å². The maximum absolute atomic E-state index is 14.4. The number of para-hydroxylation sites is 2. The van der Waals surface area contributed by atoms with Crippen LogP contribution in [0.5, 0.6) is 5.75 Å². The third kappa shape index (κ3) is 5.61. The third-order valence-electron chi connectivity index (χ3n) is 7.30. The van der Waals surface area contributed by atoms with Crippen LogP contribution in [0.4, 0.5) is 15.8 Å². The first-order valence-corrected chi connectivity index (χ1v) is 13.0. The fourth-order valence-electron chi connectivity index (χ4n) is 5.34. The molecule has 1 aliphatic rings. The van der Waals surface area contributed by atoms with Crippen LogP contribution in [0.25, 0.3) is 10.8 Å². The van der Waals surface area contributed by atoms with Crippen molar-refractivity contribution in [2.45, 2.75) is 51.0 Å². The van der Waals surface area contributed by atoms with Crippen LogP contribution in [0.1, 0.15) is 49.7 Å². The molecule has 5 rings (SSSR count). The predicted octanol–water partition coefficient (Wildman–Crippen LogP) is 7.87. The van der Waals surface area contributed by atoms with Crippen molar-refractivity contribution in [3.8, 4) is 5.75 Å². The Bertz CT molecular complexity index is 1400. The molecule has 4 aromatic carbocycles. The molecule has 0 aromatic heterocycles. The Balaban J connectivity index is 1.30. The number of nitrogens with zero attached hydrogens (tertiary/aromatic N) is 1. The van der Waals surface area contributed by atoms with E-state index in [0.717, 1.165) is 36.4 Å². The molecule has 2 atom stereocenters. The van der Waals surface area contributed by atoms with Crippen LogP contribution in [0.2, 0.25) is 0 Å². The van der Waals surface area contributed by atoms with Gasteiger partial charge < -0.3 is 14.7 Å². The number of halogens is 1. The summed E-state index contributed by atoms with van der Waals surface area (Å²) in [6, 6.07) is 28.0. The van der Waals surface area contributed by atoms with E-state index in [1.54, 1.807) is 12.1 Å². The molecule has 0 saturated heterocycles. The Kier molecular flexibility index (Phi) is 7.40. The summed E-state index contributed by atoms with van der Waals surface area (Å²) in [5.41, 5.74) is 3.60. The molecule has 0 radical (unpaired) electrons. The van der Waals surface area contributed by atoms with Gasteiger partial charge in [-0.15, -0.1) is 0 Å². The van der Waals surface area contributed by atoms with E-state index in [-0.39, 0.29) is 24.8 Å². The SMILES string of the molecule is C[C@@H](CCCC1CN(c2ccc(F)c(CCC(=O)O)c2)c2ccccc2O1)c1cccc2ccccc12. The van der Waals surface area contributed by atoms with Gasteiger partial charge in [0.25, 0.3) is 0 Å². The van der Waals surface area contributed by atoms with E-state index in [4.69, 9.17) is 9.84 Å². The lowest BCUT2D eigenvalue weighted by Crippen LogP contribution is -2.37. The summed E-state index contributed by atoms with van der Waals surface area (Å²) in [6.45, 7) is 2.95. The molecule has 4 aromatic rings. The first-order valence-electron chi connectivity index (χ1n) is 13.0. The first kappa shape index (κ1) is 24.8. The van der Waals surface area contributed by atoms with E-state index < -0.39 is 5.97 Å². The molecule has 0 aliphatic carbocycles. The van der Waals surface area contributed by atoms with Crippen molar-refractivity contribution in [3.05, 3.63) is 102 Å². The molecule has 0 saturated carbocycles. The van der Waals surface area contributed by atoms with E-state index in [9.17, 15) is 9.18 Å². The van der Waals surface area contributed by atoms with Gasteiger partial charge in [0.2, 0.25) is 0 Å². The van der Waals surface area contributed by atoms with Crippen LogP contribution in [0, 0.1) is 5.82 Å². The zero-order valence-electron chi connectivity index (χ0n) is 21.1. The molecule has 0 bridgehead atoms. The van der Waals surface area contributed by atoms with Gasteiger partial charge in [-0.3, -0.25) is 4.79 Å². The molecule has 37 heavy (non-hydrogen) atoms. The number of ether oxygens (including phenoxy) is 1. The number of fused-ring (bicyclic) bond motifs is 2. The minimum Gasteiger partial charge on any atom is -0.486 e. The molecule has 1 heterocycles. The van der Waals surface area contributed by atoms with Gasteiger partial charge in [0.15, 0.2) is 0 Å². The zero-order chi connectivity index (χ0) is 25.8. The average molecular weight is 498 g/mol. The summed E-state index contributed by atoms with van der Waals surface area (Å²) < 4.78 is 20.8. The van der Waals surface area contributed by atoms with E-state index in [1.807, 2.05) is 24.3 Å². The molecule has 1 unspecified atom stereocenters. The average Bonchev–Trinajstić information content (AvgIpc) is 2.91. The number of carboxylic acid groups (broad SMARTS) is 1. The fraction of sp³-hybridized carbons (Fsp3) is 0.281. The molecule has 1 N–H and O–H groups in total. The Morgan fingerprint density at radius 3 is 2.70 bits per heavy atom. The molecular weight excluding hydrogens is 465 g/mol. The van der Waals surface area contributed by atoms with Crippen molar-refractivity contribution in [1.82, 2.24) is 0 Å². The van der Waals surface area contributed by atoms with Crippen LogP contribution in [0.15, 0.2) is 84.9 Å². The van der Waals surface area contributed by atoms with Crippen LogP contribution >= 0.6 is 0 Å². The molecule has 190 valence electrons. The van der Waals surface area contributed by atoms with Crippen molar-refractivity contribution in [1.29, 1.82) is 0 Å². The molecule has 5 heteroatoms. The van der Waals surface area contributed by atoms with Crippen LogP contribution in [0.3, 0.4) is 0 Å². The zero-order valence-corrected chi connectivity index (χ0v) is 21.1. The van der Waals surface area contributed by atoms with E-state index in [2.05, 4.69) is 54.3 Å². The second kappa shape index (κ2) is 11.0. The summed E-state index contributed by atoms with van der Waals surface area (Å²) in [7, 11) is 0. The molecular formula is C32H32FNO3. The van der Waals surface area contributed by atoms with Crippen LogP contribution < -0.4 is 9.64 Å². The number of hydrogen-bond donors (Lipinski definition) is 1. The van der Waals surface area contributed by atoms with Gasteiger partial charge in [-0.2, -0.15) is 0 Å². The fourth-order valence-corrected chi connectivity index (χ4v) is 5.34. The largest absolute Gasteiger partial charge is 0.486 e. The van der Waals surface area contributed by atoms with Gasteiger partial charge in [-0.1, -0.05) is 61.5 Å². The van der Waals surface area contributed by atoms with Crippen LogP contribution in [-0.2, 0) is 11.2 Å². The van der Waals surface area contributed by atoms with E-state index in [0.29, 0.717) is 18.0 Å². The highest BCUT2D eigenvalue weighted by atomic mass is 19.1. The number of aliphatic carboxylic acids is 1. The number of anilines is 2. The van der Waals surface area contributed by atoms with Crippen molar-refractivity contribution < 1.29 is 19.0 Å². The van der Waals surface area contributed by atoms with Gasteiger partial charge in [0.1, 0.15) is 17.7 Å². The van der Waals surface area contributed by atoms with Crippen molar-refractivity contribution in [2.24, 2.45) is 0 Å². The lowest BCUT2D eigenvalue weighted by molar-refractivity contribution is -0.136. The number of carboxylic acids is 1. The Morgan fingerprint density at radius 2 is 1.84 bits per heavy atom. The topological polar surface area (TPSA) is 49.8 Å². The number of hydrogen-bond acceptors (Lipinski definition) is 3. The highest BCUT2D eigenvalue weighted by molar-refractivity contribution is 5.86. The Labute approximate surface area is 217 Å². The number of rotatable bonds is 9. The number of benzene rings is 4. The highest BCUT2D eigenvalue weighted by Crippen LogP contribution is 2.39. The molecule has 1 aliphatic heterocycles. The number of carbonyl (C=O) groups is 1. The summed E-state index contributed by atoms with van der Waals surface area (Å²) >= 11 is 0. The molecule has 0 spiro atoms. The molecule has 0 fully saturated rings. The van der Waals surface area contributed by atoms with Crippen molar-refractivity contribution >= 4 is 28.1 Å². The molecule has 4 nitrogen and oxygen atoms in total. The third-order valence-corrected chi connectivity index (χ3v) is 7.30. The summed E-state index contributed by atoms with van der Waals surface area (Å²) in [4.78, 5) is 13.2. The number of aryl methyl sites for hydroxylation is 1. The Morgan fingerprint density at radius 1 is 1.05 bits per heavy atom. The van der Waals surface area contributed by atoms with E-state index in [1.165, 1.54) is 22.4 Å². The Hall–Kier alpha value is -3.86. The van der Waals surface area contributed by atoms with Gasteiger partial charge in [0.05, 0.1) is 12.2 Å². The van der Waals surface area contributed by atoms with Crippen molar-refractivity contribution in [3.63, 3.8) is 0 Å². The second-order valence-corrected chi connectivity index (χ2v) is 9.89. The quantitative estimate of drug-likeness (QED) is 0.256. The standard InChI is InChI=1S/C32H32FNO3/c1-22(27-13-7-10-23-9-2-3-12-28(23)27)8-6-11-26-21-34(30-14-4-5-15-31(30)37-26)25-17-18-29(33)24(20-25)16-19-32(35)36/h2-5,7,9-10,12-15,17-18,20,22,26H,6,8,11,16,19,21H2,1H3,(H,35,36)/t22-,26?/m0/s1. The normalized spacial score (nSPS) is 15.7. The predicted molar refractivity (Wildman–Crippen MR) is 146 cm³/mol. The summed E-state index contributed by atoms with van der Waals surface area (Å²) in [5.74, 6) is -0.0472. The molecule has 0 amide bonds. The van der Waals surface area contributed by atoms with Gasteiger partial charge >= 0.3 is 5.97 Å². The summed E-state index contributed by atoms with van der Waals surface area (Å²) in [5, 5.41) is 11.6. The minimum atomic E-state index is -0.931. The van der Waals surface area contributed by atoms with Gasteiger partial charge in [0, 0.05) is 12.1 Å². The monoisotopic (exact) mass is 497 g/mol. The smallest absolute Gasteiger partial charge is 0.303 e.